The van der Waals surface area contributed by atoms with Crippen LogP contribution >= 0.6 is 0 Å². The zero-order chi connectivity index (χ0) is 15.2. The first-order valence-corrected chi connectivity index (χ1v) is 6.63. The Morgan fingerprint density at radius 3 is 2.70 bits per heavy atom. The van der Waals surface area contributed by atoms with Gasteiger partial charge in [0.25, 0.3) is 0 Å². The molecule has 1 aromatic carbocycles. The SMILES string of the molecule is CCOC(=O)C(C)(NCCOC)c1ccc(C)c(F)c1. The van der Waals surface area contributed by atoms with E-state index in [-0.39, 0.29) is 12.4 Å². The van der Waals surface area contributed by atoms with Crippen molar-refractivity contribution in [1.82, 2.24) is 5.32 Å². The molecule has 0 radical (unpaired) electrons. The van der Waals surface area contributed by atoms with Crippen LogP contribution in [0.1, 0.15) is 25.0 Å². The molecule has 4 nitrogen and oxygen atoms in total. The number of methoxy groups -OCH3 is 1. The van der Waals surface area contributed by atoms with Gasteiger partial charge in [0.15, 0.2) is 0 Å². The highest BCUT2D eigenvalue weighted by molar-refractivity contribution is 5.82. The standard InChI is InChI=1S/C15H22FNO3/c1-5-20-14(18)15(3,17-8-9-19-4)12-7-6-11(2)13(16)10-12/h6-7,10,17H,5,8-9H2,1-4H3. The van der Waals surface area contributed by atoms with E-state index in [1.807, 2.05) is 0 Å². The van der Waals surface area contributed by atoms with Crippen molar-refractivity contribution in [3.8, 4) is 0 Å². The van der Waals surface area contributed by atoms with Crippen molar-refractivity contribution >= 4 is 5.97 Å². The minimum atomic E-state index is -1.09. The summed E-state index contributed by atoms with van der Waals surface area (Å²) < 4.78 is 23.8. The molecule has 1 N–H and O–H groups in total. The summed E-state index contributed by atoms with van der Waals surface area (Å²) in [5.74, 6) is -0.772. The highest BCUT2D eigenvalue weighted by Gasteiger charge is 2.36. The van der Waals surface area contributed by atoms with Gasteiger partial charge in [-0.15, -0.1) is 0 Å². The molecule has 0 bridgehead atoms. The molecule has 20 heavy (non-hydrogen) atoms. The maximum absolute atomic E-state index is 13.7. The first-order chi connectivity index (χ1) is 9.45. The molecule has 0 fully saturated rings. The Balaban J connectivity index is 3.07. The van der Waals surface area contributed by atoms with Gasteiger partial charge >= 0.3 is 5.97 Å². The minimum Gasteiger partial charge on any atom is -0.464 e. The topological polar surface area (TPSA) is 47.6 Å². The number of hydrogen-bond donors (Lipinski definition) is 1. The van der Waals surface area contributed by atoms with Gasteiger partial charge in [-0.2, -0.15) is 0 Å². The van der Waals surface area contributed by atoms with Gasteiger partial charge in [-0.05, 0) is 38.0 Å². The van der Waals surface area contributed by atoms with E-state index in [2.05, 4.69) is 5.32 Å². The molecule has 112 valence electrons. The predicted octanol–water partition coefficient (Wildman–Crippen LogP) is 2.15. The summed E-state index contributed by atoms with van der Waals surface area (Å²) in [6.45, 7) is 6.28. The Morgan fingerprint density at radius 2 is 2.15 bits per heavy atom. The molecule has 1 unspecified atom stereocenters. The molecular formula is C15H22FNO3. The van der Waals surface area contributed by atoms with E-state index < -0.39 is 11.5 Å². The second-order valence-electron chi connectivity index (χ2n) is 4.73. The number of aryl methyl sites for hydroxylation is 1. The number of carbonyl (C=O) groups is 1. The highest BCUT2D eigenvalue weighted by atomic mass is 19.1. The van der Waals surface area contributed by atoms with Crippen LogP contribution in [0.15, 0.2) is 18.2 Å². The van der Waals surface area contributed by atoms with Crippen molar-refractivity contribution in [2.75, 3.05) is 26.9 Å². The fraction of sp³-hybridized carbons (Fsp3) is 0.533. The summed E-state index contributed by atoms with van der Waals surface area (Å²) in [6, 6.07) is 4.75. The summed E-state index contributed by atoms with van der Waals surface area (Å²) in [6.07, 6.45) is 0. The quantitative estimate of drug-likeness (QED) is 0.615. The molecule has 0 aliphatic heterocycles. The number of esters is 1. The van der Waals surface area contributed by atoms with Crippen LogP contribution in [0.25, 0.3) is 0 Å². The molecule has 0 aromatic heterocycles. The van der Waals surface area contributed by atoms with Crippen LogP contribution in [-0.2, 0) is 19.8 Å². The molecule has 1 aromatic rings. The van der Waals surface area contributed by atoms with Crippen molar-refractivity contribution in [1.29, 1.82) is 0 Å². The van der Waals surface area contributed by atoms with E-state index >= 15 is 0 Å². The maximum Gasteiger partial charge on any atom is 0.330 e. The van der Waals surface area contributed by atoms with Gasteiger partial charge in [0.05, 0.1) is 13.2 Å². The Labute approximate surface area is 119 Å². The van der Waals surface area contributed by atoms with Crippen LogP contribution in [0.4, 0.5) is 4.39 Å². The number of halogens is 1. The highest BCUT2D eigenvalue weighted by Crippen LogP contribution is 2.24. The zero-order valence-electron chi connectivity index (χ0n) is 12.5. The lowest BCUT2D eigenvalue weighted by Gasteiger charge is -2.29. The summed E-state index contributed by atoms with van der Waals surface area (Å²) >= 11 is 0. The maximum atomic E-state index is 13.7. The second kappa shape index (κ2) is 7.36. The van der Waals surface area contributed by atoms with Crippen molar-refractivity contribution < 1.29 is 18.7 Å². The molecule has 0 heterocycles. The first kappa shape index (κ1) is 16.6. The third kappa shape index (κ3) is 3.77. The molecule has 0 aliphatic carbocycles. The van der Waals surface area contributed by atoms with Crippen LogP contribution in [0, 0.1) is 12.7 Å². The van der Waals surface area contributed by atoms with Crippen molar-refractivity contribution in [3.05, 3.63) is 35.1 Å². The lowest BCUT2D eigenvalue weighted by atomic mass is 9.91. The first-order valence-electron chi connectivity index (χ1n) is 6.63. The van der Waals surface area contributed by atoms with Gasteiger partial charge in [-0.3, -0.25) is 5.32 Å². The van der Waals surface area contributed by atoms with Gasteiger partial charge in [0, 0.05) is 13.7 Å². The molecular weight excluding hydrogens is 261 g/mol. The third-order valence-corrected chi connectivity index (χ3v) is 3.22. The molecule has 0 spiro atoms. The van der Waals surface area contributed by atoms with Gasteiger partial charge in [0.2, 0.25) is 0 Å². The van der Waals surface area contributed by atoms with Crippen LogP contribution < -0.4 is 5.32 Å². The molecule has 0 saturated carbocycles. The average molecular weight is 283 g/mol. The lowest BCUT2D eigenvalue weighted by Crippen LogP contribution is -2.49. The van der Waals surface area contributed by atoms with E-state index in [0.29, 0.717) is 24.3 Å². The Bertz CT molecular complexity index is 464. The zero-order valence-corrected chi connectivity index (χ0v) is 12.5. The second-order valence-corrected chi connectivity index (χ2v) is 4.73. The molecule has 1 rings (SSSR count). The Hall–Kier alpha value is -1.46. The monoisotopic (exact) mass is 283 g/mol. The van der Waals surface area contributed by atoms with E-state index in [4.69, 9.17) is 9.47 Å². The largest absolute Gasteiger partial charge is 0.464 e. The summed E-state index contributed by atoms with van der Waals surface area (Å²) in [5, 5.41) is 3.08. The number of carbonyl (C=O) groups excluding carboxylic acids is 1. The molecule has 0 amide bonds. The number of hydrogen-bond acceptors (Lipinski definition) is 4. The van der Waals surface area contributed by atoms with Gasteiger partial charge in [0.1, 0.15) is 11.4 Å². The summed E-state index contributed by atoms with van der Waals surface area (Å²) in [7, 11) is 1.58. The van der Waals surface area contributed by atoms with Crippen molar-refractivity contribution in [2.45, 2.75) is 26.3 Å². The van der Waals surface area contributed by atoms with Crippen LogP contribution in [0.5, 0.6) is 0 Å². The Morgan fingerprint density at radius 1 is 1.45 bits per heavy atom. The van der Waals surface area contributed by atoms with E-state index in [0.717, 1.165) is 0 Å². The number of ether oxygens (including phenoxy) is 2. The van der Waals surface area contributed by atoms with Crippen LogP contribution in [0.2, 0.25) is 0 Å². The smallest absolute Gasteiger partial charge is 0.330 e. The van der Waals surface area contributed by atoms with Gasteiger partial charge in [-0.1, -0.05) is 12.1 Å². The van der Waals surface area contributed by atoms with Crippen molar-refractivity contribution in [2.24, 2.45) is 0 Å². The Kier molecular flexibility index (Phi) is 6.10. The molecule has 0 aliphatic rings. The fourth-order valence-electron chi connectivity index (χ4n) is 1.87. The van der Waals surface area contributed by atoms with E-state index in [1.54, 1.807) is 40.0 Å². The minimum absolute atomic E-state index is 0.273. The number of benzene rings is 1. The van der Waals surface area contributed by atoms with Gasteiger partial charge in [-0.25, -0.2) is 9.18 Å². The third-order valence-electron chi connectivity index (χ3n) is 3.22. The fourth-order valence-corrected chi connectivity index (χ4v) is 1.87. The summed E-state index contributed by atoms with van der Waals surface area (Å²) in [5.41, 5.74) is -0.0182. The van der Waals surface area contributed by atoms with E-state index in [1.165, 1.54) is 6.07 Å². The van der Waals surface area contributed by atoms with E-state index in [9.17, 15) is 9.18 Å². The molecule has 1 atom stereocenters. The number of nitrogens with one attached hydrogen (secondary N) is 1. The predicted molar refractivity (Wildman–Crippen MR) is 75.0 cm³/mol. The summed E-state index contributed by atoms with van der Waals surface area (Å²) in [4.78, 5) is 12.2. The van der Waals surface area contributed by atoms with Crippen molar-refractivity contribution in [3.63, 3.8) is 0 Å². The van der Waals surface area contributed by atoms with Crippen LogP contribution in [-0.4, -0.2) is 32.8 Å². The van der Waals surface area contributed by atoms with Crippen LogP contribution in [0.3, 0.4) is 0 Å². The molecule has 5 heteroatoms. The number of rotatable bonds is 7. The normalized spacial score (nSPS) is 13.8. The van der Waals surface area contributed by atoms with Gasteiger partial charge < -0.3 is 9.47 Å². The molecule has 0 saturated heterocycles. The lowest BCUT2D eigenvalue weighted by molar-refractivity contribution is -0.151. The average Bonchev–Trinajstić information content (AvgIpc) is 2.42.